The van der Waals surface area contributed by atoms with Crippen molar-refractivity contribution in [1.29, 1.82) is 0 Å². The Kier molecular flexibility index (Phi) is 4.34. The predicted octanol–water partition coefficient (Wildman–Crippen LogP) is 3.64. The van der Waals surface area contributed by atoms with E-state index < -0.39 is 5.60 Å². The second-order valence-corrected chi connectivity index (χ2v) is 8.42. The number of amides is 1. The van der Waals surface area contributed by atoms with Crippen molar-refractivity contribution in [3.8, 4) is 11.5 Å². The number of rotatable bonds is 2. The predicted molar refractivity (Wildman–Crippen MR) is 100 cm³/mol. The smallest absolute Gasteiger partial charge is 0.410 e. The van der Waals surface area contributed by atoms with Crippen LogP contribution in [0.25, 0.3) is 0 Å². The van der Waals surface area contributed by atoms with E-state index in [1.54, 1.807) is 7.11 Å². The minimum Gasteiger partial charge on any atom is -0.454 e. The first-order chi connectivity index (χ1) is 12.8. The molecule has 3 atom stereocenters. The van der Waals surface area contributed by atoms with Crippen LogP contribution in [0.3, 0.4) is 0 Å². The molecule has 3 aliphatic rings. The fourth-order valence-corrected chi connectivity index (χ4v) is 4.35. The SMILES string of the molecule is CO[C@@H]1C=C[C@@]2(c3ccc4c(c3)OCO4)CCN(C(=O)OC(C)(C)C)[C@H]2C1. The topological polar surface area (TPSA) is 57.2 Å². The van der Waals surface area contributed by atoms with Gasteiger partial charge in [-0.2, -0.15) is 0 Å². The third-order valence-electron chi connectivity index (χ3n) is 5.64. The molecule has 0 radical (unpaired) electrons. The maximum Gasteiger partial charge on any atom is 0.410 e. The van der Waals surface area contributed by atoms with Crippen molar-refractivity contribution in [2.45, 2.75) is 56.8 Å². The third-order valence-corrected chi connectivity index (χ3v) is 5.64. The van der Waals surface area contributed by atoms with Crippen LogP contribution in [0.15, 0.2) is 30.4 Å². The summed E-state index contributed by atoms with van der Waals surface area (Å²) < 4.78 is 22.3. The number of hydrogen-bond donors (Lipinski definition) is 0. The number of carbonyl (C=O) groups excluding carboxylic acids is 1. The van der Waals surface area contributed by atoms with Gasteiger partial charge < -0.3 is 23.8 Å². The lowest BCUT2D eigenvalue weighted by Crippen LogP contribution is -2.49. The molecule has 146 valence electrons. The van der Waals surface area contributed by atoms with Crippen LogP contribution in [-0.2, 0) is 14.9 Å². The molecule has 0 saturated carbocycles. The second kappa shape index (κ2) is 6.44. The lowest BCUT2D eigenvalue weighted by atomic mass is 9.69. The van der Waals surface area contributed by atoms with Gasteiger partial charge in [0, 0.05) is 19.1 Å². The largest absolute Gasteiger partial charge is 0.454 e. The first kappa shape index (κ1) is 18.2. The van der Waals surface area contributed by atoms with Crippen molar-refractivity contribution in [3.05, 3.63) is 35.9 Å². The first-order valence-electron chi connectivity index (χ1n) is 9.44. The van der Waals surface area contributed by atoms with Gasteiger partial charge in [0.15, 0.2) is 11.5 Å². The zero-order valence-electron chi connectivity index (χ0n) is 16.4. The molecule has 0 spiro atoms. The van der Waals surface area contributed by atoms with Gasteiger partial charge in [0.1, 0.15) is 5.60 Å². The molecule has 1 aromatic rings. The minimum atomic E-state index is -0.522. The Morgan fingerprint density at radius 1 is 1.26 bits per heavy atom. The van der Waals surface area contributed by atoms with Crippen molar-refractivity contribution in [3.63, 3.8) is 0 Å². The monoisotopic (exact) mass is 373 g/mol. The summed E-state index contributed by atoms with van der Waals surface area (Å²) in [4.78, 5) is 14.7. The fraction of sp³-hybridized carbons (Fsp3) is 0.571. The number of fused-ring (bicyclic) bond motifs is 2. The number of likely N-dealkylation sites (tertiary alicyclic amines) is 1. The number of ether oxygens (including phenoxy) is 4. The van der Waals surface area contributed by atoms with Gasteiger partial charge >= 0.3 is 6.09 Å². The Bertz CT molecular complexity index is 768. The van der Waals surface area contributed by atoms with E-state index in [-0.39, 0.29) is 30.4 Å². The van der Waals surface area contributed by atoms with Gasteiger partial charge in [0.05, 0.1) is 12.1 Å². The lowest BCUT2D eigenvalue weighted by Gasteiger charge is -2.41. The first-order valence-corrected chi connectivity index (χ1v) is 9.44. The summed E-state index contributed by atoms with van der Waals surface area (Å²) in [5, 5.41) is 0. The molecule has 2 aliphatic heterocycles. The maximum absolute atomic E-state index is 12.9. The molecule has 0 bridgehead atoms. The molecule has 6 nitrogen and oxygen atoms in total. The van der Waals surface area contributed by atoms with Gasteiger partial charge in [-0.1, -0.05) is 18.2 Å². The summed E-state index contributed by atoms with van der Waals surface area (Å²) in [5.41, 5.74) is 0.340. The average Bonchev–Trinajstić information content (AvgIpc) is 3.23. The van der Waals surface area contributed by atoms with E-state index in [2.05, 4.69) is 18.2 Å². The lowest BCUT2D eigenvalue weighted by molar-refractivity contribution is 0.0130. The van der Waals surface area contributed by atoms with Crippen LogP contribution in [0.5, 0.6) is 11.5 Å². The van der Waals surface area contributed by atoms with E-state index >= 15 is 0 Å². The fourth-order valence-electron chi connectivity index (χ4n) is 4.35. The van der Waals surface area contributed by atoms with Crippen LogP contribution in [-0.4, -0.2) is 49.2 Å². The highest BCUT2D eigenvalue weighted by Gasteiger charge is 2.52. The molecular formula is C21H27NO5. The number of hydrogen-bond acceptors (Lipinski definition) is 5. The molecule has 1 saturated heterocycles. The molecule has 0 aromatic heterocycles. The Balaban J connectivity index is 1.70. The summed E-state index contributed by atoms with van der Waals surface area (Å²) in [5.74, 6) is 1.53. The molecule has 1 fully saturated rings. The highest BCUT2D eigenvalue weighted by Crippen LogP contribution is 2.48. The van der Waals surface area contributed by atoms with Gasteiger partial charge in [0.25, 0.3) is 0 Å². The number of benzene rings is 1. The molecule has 1 aromatic carbocycles. The number of nitrogens with zero attached hydrogens (tertiary/aromatic N) is 1. The van der Waals surface area contributed by atoms with Gasteiger partial charge in [-0.25, -0.2) is 4.79 Å². The van der Waals surface area contributed by atoms with Crippen LogP contribution >= 0.6 is 0 Å². The van der Waals surface area contributed by atoms with Crippen molar-refractivity contribution in [2.24, 2.45) is 0 Å². The third kappa shape index (κ3) is 3.16. The van der Waals surface area contributed by atoms with E-state index in [0.29, 0.717) is 6.54 Å². The van der Waals surface area contributed by atoms with E-state index in [4.69, 9.17) is 18.9 Å². The Morgan fingerprint density at radius 3 is 2.78 bits per heavy atom. The van der Waals surface area contributed by atoms with E-state index in [1.807, 2.05) is 37.8 Å². The van der Waals surface area contributed by atoms with E-state index in [1.165, 1.54) is 0 Å². The summed E-state index contributed by atoms with van der Waals surface area (Å²) in [6.45, 7) is 6.58. The van der Waals surface area contributed by atoms with E-state index in [0.717, 1.165) is 29.9 Å². The van der Waals surface area contributed by atoms with Gasteiger partial charge in [0.2, 0.25) is 6.79 Å². The molecule has 2 heterocycles. The van der Waals surface area contributed by atoms with Gasteiger partial charge in [-0.15, -0.1) is 0 Å². The molecule has 0 N–H and O–H groups in total. The van der Waals surface area contributed by atoms with Crippen molar-refractivity contribution >= 4 is 6.09 Å². The van der Waals surface area contributed by atoms with Crippen molar-refractivity contribution < 1.29 is 23.7 Å². The van der Waals surface area contributed by atoms with Crippen molar-refractivity contribution in [1.82, 2.24) is 4.90 Å². The Morgan fingerprint density at radius 2 is 2.04 bits per heavy atom. The summed E-state index contributed by atoms with van der Waals surface area (Å²) in [6, 6.07) is 6.06. The zero-order valence-corrected chi connectivity index (χ0v) is 16.4. The highest BCUT2D eigenvalue weighted by molar-refractivity contribution is 5.70. The second-order valence-electron chi connectivity index (χ2n) is 8.42. The molecule has 27 heavy (non-hydrogen) atoms. The molecule has 1 aliphatic carbocycles. The van der Waals surface area contributed by atoms with Crippen LogP contribution in [0.2, 0.25) is 0 Å². The molecule has 0 unspecified atom stereocenters. The van der Waals surface area contributed by atoms with Crippen LogP contribution in [0, 0.1) is 0 Å². The van der Waals surface area contributed by atoms with Crippen LogP contribution in [0.4, 0.5) is 4.79 Å². The highest BCUT2D eigenvalue weighted by atomic mass is 16.7. The summed E-state index contributed by atoms with van der Waals surface area (Å²) in [7, 11) is 1.70. The van der Waals surface area contributed by atoms with Crippen molar-refractivity contribution in [2.75, 3.05) is 20.4 Å². The quantitative estimate of drug-likeness (QED) is 0.741. The summed E-state index contributed by atoms with van der Waals surface area (Å²) >= 11 is 0. The standard InChI is InChI=1S/C21H27NO5/c1-20(2,3)27-19(23)22-10-9-21(8-7-15(24-4)12-18(21)22)14-5-6-16-17(11-14)26-13-25-16/h5-8,11,15,18H,9-10,12-13H2,1-4H3/t15-,18+,21+/m1/s1. The Hall–Kier alpha value is -2.21. The van der Waals surface area contributed by atoms with Crippen LogP contribution in [0.1, 0.15) is 39.2 Å². The minimum absolute atomic E-state index is 0.0137. The number of methoxy groups -OCH3 is 1. The summed E-state index contributed by atoms with van der Waals surface area (Å²) in [6.07, 6.45) is 5.61. The zero-order chi connectivity index (χ0) is 19.2. The maximum atomic E-state index is 12.9. The molecule has 1 amide bonds. The average molecular weight is 373 g/mol. The van der Waals surface area contributed by atoms with Gasteiger partial charge in [-0.05, 0) is 51.3 Å². The Labute approximate surface area is 160 Å². The molecule has 6 heteroatoms. The van der Waals surface area contributed by atoms with Crippen LogP contribution < -0.4 is 9.47 Å². The number of carbonyl (C=O) groups is 1. The normalized spacial score (nSPS) is 29.0. The van der Waals surface area contributed by atoms with E-state index in [9.17, 15) is 4.79 Å². The molecule has 4 rings (SSSR count). The molecular weight excluding hydrogens is 346 g/mol. The van der Waals surface area contributed by atoms with Gasteiger partial charge in [-0.3, -0.25) is 0 Å².